The molecule has 0 aliphatic carbocycles. The van der Waals surface area contributed by atoms with Gasteiger partial charge in [-0.1, -0.05) is 0 Å². The Morgan fingerprint density at radius 1 is 1.28 bits per heavy atom. The maximum absolute atomic E-state index is 5.63. The first-order valence-electron chi connectivity index (χ1n) is 6.32. The van der Waals surface area contributed by atoms with Crippen molar-refractivity contribution in [1.29, 1.82) is 0 Å². The van der Waals surface area contributed by atoms with Crippen molar-refractivity contribution in [1.82, 2.24) is 19.6 Å². The van der Waals surface area contributed by atoms with Crippen LogP contribution in [0.1, 0.15) is 22.5 Å². The molecule has 2 heterocycles. The summed E-state index contributed by atoms with van der Waals surface area (Å²) in [4.78, 5) is 0. The standard InChI is InChI=1S/C13H21N5/c1-10-13(4-6-14)11(2)18(16-10)7-5-12-8-15-17(3)9-12/h8-9H,4-7,14H2,1-3H3. The molecule has 0 saturated heterocycles. The van der Waals surface area contributed by atoms with E-state index in [1.165, 1.54) is 16.8 Å². The highest BCUT2D eigenvalue weighted by atomic mass is 15.3. The zero-order valence-electron chi connectivity index (χ0n) is 11.3. The van der Waals surface area contributed by atoms with Crippen molar-refractivity contribution >= 4 is 0 Å². The van der Waals surface area contributed by atoms with Crippen molar-refractivity contribution in [3.8, 4) is 0 Å². The fraction of sp³-hybridized carbons (Fsp3) is 0.538. The van der Waals surface area contributed by atoms with Crippen molar-refractivity contribution in [2.24, 2.45) is 12.8 Å². The van der Waals surface area contributed by atoms with Crippen molar-refractivity contribution in [3.63, 3.8) is 0 Å². The molecule has 98 valence electrons. The average molecular weight is 247 g/mol. The van der Waals surface area contributed by atoms with Gasteiger partial charge >= 0.3 is 0 Å². The molecule has 0 saturated carbocycles. The summed E-state index contributed by atoms with van der Waals surface area (Å²) in [5.41, 5.74) is 10.5. The van der Waals surface area contributed by atoms with Crippen LogP contribution in [0.15, 0.2) is 12.4 Å². The van der Waals surface area contributed by atoms with Crippen LogP contribution in [0.25, 0.3) is 0 Å². The minimum Gasteiger partial charge on any atom is -0.330 e. The molecule has 2 aromatic heterocycles. The maximum Gasteiger partial charge on any atom is 0.0628 e. The second kappa shape index (κ2) is 5.35. The molecule has 0 atom stereocenters. The number of rotatable bonds is 5. The molecule has 2 N–H and O–H groups in total. The van der Waals surface area contributed by atoms with E-state index < -0.39 is 0 Å². The van der Waals surface area contributed by atoms with Gasteiger partial charge in [0.25, 0.3) is 0 Å². The molecule has 0 aliphatic heterocycles. The van der Waals surface area contributed by atoms with Crippen LogP contribution in [0, 0.1) is 13.8 Å². The lowest BCUT2D eigenvalue weighted by Gasteiger charge is -2.04. The Bertz CT molecular complexity index is 523. The number of hydrogen-bond donors (Lipinski definition) is 1. The molecule has 0 fully saturated rings. The van der Waals surface area contributed by atoms with Gasteiger partial charge in [-0.2, -0.15) is 10.2 Å². The molecule has 0 amide bonds. The molecule has 0 bridgehead atoms. The Kier molecular flexibility index (Phi) is 3.81. The van der Waals surface area contributed by atoms with Gasteiger partial charge in [0.05, 0.1) is 11.9 Å². The monoisotopic (exact) mass is 247 g/mol. The lowest BCUT2D eigenvalue weighted by Crippen LogP contribution is -2.07. The molecule has 5 nitrogen and oxygen atoms in total. The predicted molar refractivity (Wildman–Crippen MR) is 71.4 cm³/mol. The summed E-state index contributed by atoms with van der Waals surface area (Å²) in [5.74, 6) is 0. The first-order valence-corrected chi connectivity index (χ1v) is 6.32. The normalized spacial score (nSPS) is 11.1. The lowest BCUT2D eigenvalue weighted by molar-refractivity contribution is 0.593. The molecule has 0 aliphatic rings. The number of nitrogens with zero attached hydrogens (tertiary/aromatic N) is 4. The number of aromatic nitrogens is 4. The third-order valence-corrected chi connectivity index (χ3v) is 3.30. The summed E-state index contributed by atoms with van der Waals surface area (Å²) < 4.78 is 3.91. The molecule has 2 rings (SSSR count). The highest BCUT2D eigenvalue weighted by Gasteiger charge is 2.10. The third-order valence-electron chi connectivity index (χ3n) is 3.30. The highest BCUT2D eigenvalue weighted by molar-refractivity contribution is 5.25. The summed E-state index contributed by atoms with van der Waals surface area (Å²) in [6.07, 6.45) is 5.82. The fourth-order valence-electron chi connectivity index (χ4n) is 2.29. The molecule has 0 radical (unpaired) electrons. The van der Waals surface area contributed by atoms with Gasteiger partial charge in [0, 0.05) is 25.5 Å². The average Bonchev–Trinajstić information content (AvgIpc) is 2.86. The summed E-state index contributed by atoms with van der Waals surface area (Å²) in [6, 6.07) is 0. The molecular weight excluding hydrogens is 226 g/mol. The third kappa shape index (κ3) is 2.61. The predicted octanol–water partition coefficient (Wildman–Crippen LogP) is 0.977. The van der Waals surface area contributed by atoms with Crippen LogP contribution in [0.5, 0.6) is 0 Å². The van der Waals surface area contributed by atoms with Crippen molar-refractivity contribution in [3.05, 3.63) is 34.9 Å². The Hall–Kier alpha value is -1.62. The Labute approximate surface area is 108 Å². The van der Waals surface area contributed by atoms with E-state index in [0.717, 1.165) is 25.1 Å². The maximum atomic E-state index is 5.63. The van der Waals surface area contributed by atoms with Crippen molar-refractivity contribution in [2.75, 3.05) is 6.54 Å². The van der Waals surface area contributed by atoms with E-state index in [-0.39, 0.29) is 0 Å². The minimum absolute atomic E-state index is 0.677. The molecule has 18 heavy (non-hydrogen) atoms. The van der Waals surface area contributed by atoms with Crippen LogP contribution in [0.3, 0.4) is 0 Å². The lowest BCUT2D eigenvalue weighted by atomic mass is 10.1. The zero-order valence-corrected chi connectivity index (χ0v) is 11.3. The topological polar surface area (TPSA) is 61.7 Å². The second-order valence-electron chi connectivity index (χ2n) is 4.68. The molecule has 2 aromatic rings. The minimum atomic E-state index is 0.677. The van der Waals surface area contributed by atoms with E-state index in [1.54, 1.807) is 0 Å². The highest BCUT2D eigenvalue weighted by Crippen LogP contribution is 2.14. The van der Waals surface area contributed by atoms with Gasteiger partial charge in [-0.25, -0.2) is 0 Å². The van der Waals surface area contributed by atoms with Gasteiger partial charge in [0.2, 0.25) is 0 Å². The molecule has 0 aromatic carbocycles. The number of aryl methyl sites for hydroxylation is 4. The quantitative estimate of drug-likeness (QED) is 0.856. The molecule has 5 heteroatoms. The zero-order chi connectivity index (χ0) is 13.1. The largest absolute Gasteiger partial charge is 0.330 e. The van der Waals surface area contributed by atoms with Gasteiger partial charge in [0.15, 0.2) is 0 Å². The Morgan fingerprint density at radius 2 is 2.06 bits per heavy atom. The van der Waals surface area contributed by atoms with Gasteiger partial charge in [-0.3, -0.25) is 9.36 Å². The van der Waals surface area contributed by atoms with Crippen LogP contribution < -0.4 is 5.73 Å². The first kappa shape index (κ1) is 12.8. The van der Waals surface area contributed by atoms with Gasteiger partial charge in [-0.15, -0.1) is 0 Å². The van der Waals surface area contributed by atoms with Gasteiger partial charge in [-0.05, 0) is 44.4 Å². The molecule has 0 unspecified atom stereocenters. The van der Waals surface area contributed by atoms with E-state index in [0.29, 0.717) is 6.54 Å². The SMILES string of the molecule is Cc1nn(CCc2cnn(C)c2)c(C)c1CCN. The van der Waals surface area contributed by atoms with Crippen LogP contribution in [0.2, 0.25) is 0 Å². The second-order valence-corrected chi connectivity index (χ2v) is 4.68. The van der Waals surface area contributed by atoms with Crippen LogP contribution >= 0.6 is 0 Å². The summed E-state index contributed by atoms with van der Waals surface area (Å²) in [7, 11) is 1.94. The van der Waals surface area contributed by atoms with Gasteiger partial charge in [0.1, 0.15) is 0 Å². The van der Waals surface area contributed by atoms with E-state index in [1.807, 2.05) is 24.1 Å². The van der Waals surface area contributed by atoms with E-state index in [9.17, 15) is 0 Å². The summed E-state index contributed by atoms with van der Waals surface area (Å²) >= 11 is 0. The fourth-order valence-corrected chi connectivity index (χ4v) is 2.29. The number of hydrogen-bond acceptors (Lipinski definition) is 3. The first-order chi connectivity index (χ1) is 8.61. The van der Waals surface area contributed by atoms with Gasteiger partial charge < -0.3 is 5.73 Å². The van der Waals surface area contributed by atoms with E-state index in [4.69, 9.17) is 5.73 Å². The summed E-state index contributed by atoms with van der Waals surface area (Å²) in [5, 5.41) is 8.76. The molecule has 0 spiro atoms. The van der Waals surface area contributed by atoms with Crippen LogP contribution in [-0.4, -0.2) is 26.1 Å². The Balaban J connectivity index is 2.07. The van der Waals surface area contributed by atoms with E-state index in [2.05, 4.69) is 28.7 Å². The smallest absolute Gasteiger partial charge is 0.0628 e. The van der Waals surface area contributed by atoms with Crippen LogP contribution in [-0.2, 0) is 26.4 Å². The van der Waals surface area contributed by atoms with E-state index >= 15 is 0 Å². The van der Waals surface area contributed by atoms with Crippen molar-refractivity contribution in [2.45, 2.75) is 33.2 Å². The van der Waals surface area contributed by atoms with Crippen molar-refractivity contribution < 1.29 is 0 Å². The number of nitrogens with two attached hydrogens (primary N) is 1. The summed E-state index contributed by atoms with van der Waals surface area (Å²) in [6.45, 7) is 5.74. The molecular formula is C13H21N5. The van der Waals surface area contributed by atoms with Crippen LogP contribution in [0.4, 0.5) is 0 Å². The Morgan fingerprint density at radius 3 is 2.67 bits per heavy atom.